The van der Waals surface area contributed by atoms with Crippen LogP contribution in [0.3, 0.4) is 0 Å². The number of carbonyl (C=O) groups excluding carboxylic acids is 1. The monoisotopic (exact) mass is 378 g/mol. The highest BCUT2D eigenvalue weighted by Gasteiger charge is 2.13. The van der Waals surface area contributed by atoms with Crippen LogP contribution in [0.2, 0.25) is 0 Å². The molecule has 0 aliphatic rings. The number of hydrogen-bond donors (Lipinski definition) is 2. The van der Waals surface area contributed by atoms with Gasteiger partial charge in [0.15, 0.2) is 11.6 Å². The molecule has 0 atom stereocenters. The van der Waals surface area contributed by atoms with Crippen molar-refractivity contribution in [2.45, 2.75) is 6.42 Å². The van der Waals surface area contributed by atoms with Gasteiger partial charge in [0.2, 0.25) is 0 Å². The number of aromatic amines is 1. The number of rotatable bonds is 4. The van der Waals surface area contributed by atoms with Crippen LogP contribution >= 0.6 is 0 Å². The second-order valence-electron chi connectivity index (χ2n) is 7.04. The molecular formula is C24H18N4O. The minimum absolute atomic E-state index is 0.0810. The molecule has 0 spiro atoms. The zero-order valence-corrected chi connectivity index (χ0v) is 15.6. The Morgan fingerprint density at radius 3 is 2.76 bits per heavy atom. The molecule has 5 aromatic rings. The van der Waals surface area contributed by atoms with Gasteiger partial charge in [0.1, 0.15) is 0 Å². The third-order valence-corrected chi connectivity index (χ3v) is 5.20. The Kier molecular flexibility index (Phi) is 4.06. The predicted octanol–water partition coefficient (Wildman–Crippen LogP) is 4.79. The lowest BCUT2D eigenvalue weighted by atomic mass is 9.94. The summed E-state index contributed by atoms with van der Waals surface area (Å²) in [4.78, 5) is 17.0. The fraction of sp³-hybridized carbons (Fsp3) is 0.0417. The molecule has 0 radical (unpaired) electrons. The smallest absolute Gasteiger partial charge is 0.167 e. The summed E-state index contributed by atoms with van der Waals surface area (Å²) in [5.74, 6) is 0.564. The van der Waals surface area contributed by atoms with E-state index in [2.05, 4.69) is 21.2 Å². The molecule has 5 rings (SSSR count). The van der Waals surface area contributed by atoms with Crippen molar-refractivity contribution in [3.8, 4) is 11.1 Å². The highest BCUT2D eigenvalue weighted by Crippen LogP contribution is 2.33. The van der Waals surface area contributed by atoms with Gasteiger partial charge in [-0.15, -0.1) is 0 Å². The van der Waals surface area contributed by atoms with Gasteiger partial charge in [0, 0.05) is 24.4 Å². The molecule has 0 aliphatic heterocycles. The molecule has 0 bridgehead atoms. The van der Waals surface area contributed by atoms with Crippen molar-refractivity contribution in [3.05, 3.63) is 90.3 Å². The lowest BCUT2D eigenvalue weighted by Gasteiger charge is -2.09. The van der Waals surface area contributed by atoms with Crippen LogP contribution in [-0.4, -0.2) is 21.0 Å². The molecule has 5 nitrogen and oxygen atoms in total. The molecule has 0 aliphatic carbocycles. The first-order valence-corrected chi connectivity index (χ1v) is 9.38. The first kappa shape index (κ1) is 17.1. The maximum Gasteiger partial charge on any atom is 0.167 e. The van der Waals surface area contributed by atoms with E-state index in [1.807, 2.05) is 60.7 Å². The maximum atomic E-state index is 12.9. The van der Waals surface area contributed by atoms with Crippen molar-refractivity contribution in [3.63, 3.8) is 0 Å². The number of benzene rings is 3. The van der Waals surface area contributed by atoms with Crippen molar-refractivity contribution < 1.29 is 4.79 Å². The molecule has 0 unspecified atom stereocenters. The topological polar surface area (TPSA) is 84.7 Å². The highest BCUT2D eigenvalue weighted by molar-refractivity contribution is 6.10. The lowest BCUT2D eigenvalue weighted by molar-refractivity contribution is 0.0994. The zero-order chi connectivity index (χ0) is 19.8. The molecule has 0 fully saturated rings. The van der Waals surface area contributed by atoms with Gasteiger partial charge in [-0.25, -0.2) is 0 Å². The van der Waals surface area contributed by atoms with Crippen LogP contribution in [-0.2, 0) is 6.42 Å². The van der Waals surface area contributed by atoms with E-state index in [0.29, 0.717) is 12.2 Å². The van der Waals surface area contributed by atoms with Crippen molar-refractivity contribution in [2.75, 3.05) is 5.73 Å². The molecular weight excluding hydrogens is 360 g/mol. The van der Waals surface area contributed by atoms with E-state index in [1.54, 1.807) is 12.4 Å². The summed E-state index contributed by atoms with van der Waals surface area (Å²) >= 11 is 0. The van der Waals surface area contributed by atoms with E-state index in [-0.39, 0.29) is 5.78 Å². The average molecular weight is 378 g/mol. The van der Waals surface area contributed by atoms with Crippen LogP contribution in [0.1, 0.15) is 15.9 Å². The number of carbonyl (C=O) groups is 1. The van der Waals surface area contributed by atoms with Gasteiger partial charge in [-0.05, 0) is 45.7 Å². The van der Waals surface area contributed by atoms with Crippen LogP contribution in [0.4, 0.5) is 5.82 Å². The van der Waals surface area contributed by atoms with Crippen molar-refractivity contribution in [2.24, 2.45) is 0 Å². The number of nitrogen functional groups attached to an aromatic ring is 1. The summed E-state index contributed by atoms with van der Waals surface area (Å²) in [6.45, 7) is 0. The molecule has 2 heterocycles. The molecule has 0 saturated carbocycles. The van der Waals surface area contributed by atoms with E-state index in [4.69, 9.17) is 5.73 Å². The van der Waals surface area contributed by atoms with E-state index in [9.17, 15) is 4.79 Å². The van der Waals surface area contributed by atoms with E-state index >= 15 is 0 Å². The number of H-pyrrole nitrogens is 1. The average Bonchev–Trinajstić information content (AvgIpc) is 3.14. The third kappa shape index (κ3) is 3.02. The van der Waals surface area contributed by atoms with Gasteiger partial charge in [-0.3, -0.25) is 14.9 Å². The quantitative estimate of drug-likeness (QED) is 0.441. The summed E-state index contributed by atoms with van der Waals surface area (Å²) in [5.41, 5.74) is 10.7. The number of ketones is 1. The van der Waals surface area contributed by atoms with Crippen LogP contribution in [0.5, 0.6) is 0 Å². The Bertz CT molecular complexity index is 1360. The Morgan fingerprint density at radius 1 is 1.00 bits per heavy atom. The number of hydrogen-bond acceptors (Lipinski definition) is 4. The molecule has 5 heteroatoms. The molecule has 3 N–H and O–H groups in total. The number of nitrogens with two attached hydrogens (primary N) is 1. The summed E-state index contributed by atoms with van der Waals surface area (Å²) < 4.78 is 0. The van der Waals surface area contributed by atoms with E-state index < -0.39 is 0 Å². The Labute approximate surface area is 167 Å². The predicted molar refractivity (Wildman–Crippen MR) is 116 cm³/mol. The number of anilines is 1. The summed E-state index contributed by atoms with van der Waals surface area (Å²) in [5, 5.41) is 9.95. The number of pyridine rings is 1. The van der Waals surface area contributed by atoms with Gasteiger partial charge in [-0.1, -0.05) is 48.5 Å². The fourth-order valence-corrected chi connectivity index (χ4v) is 3.82. The number of nitrogens with zero attached hydrogens (tertiary/aromatic N) is 2. The molecule has 0 saturated heterocycles. The first-order chi connectivity index (χ1) is 14.2. The maximum absolute atomic E-state index is 12.9. The lowest BCUT2D eigenvalue weighted by Crippen LogP contribution is -2.04. The summed E-state index contributed by atoms with van der Waals surface area (Å²) in [6, 6.07) is 21.7. The van der Waals surface area contributed by atoms with Gasteiger partial charge in [0.05, 0.1) is 10.9 Å². The number of Topliss-reactive ketones (excluding diaryl/α,β-unsaturated/α-hetero) is 1. The zero-order valence-electron chi connectivity index (χ0n) is 15.6. The highest BCUT2D eigenvalue weighted by atomic mass is 16.1. The normalized spacial score (nSPS) is 11.2. The SMILES string of the molecule is Nc1n[nH]c2cccc(-c3ccc4c(C(=O)Cc5cccnc5)cccc4c3)c12. The Morgan fingerprint density at radius 2 is 1.90 bits per heavy atom. The molecule has 0 amide bonds. The summed E-state index contributed by atoms with van der Waals surface area (Å²) in [7, 11) is 0. The minimum atomic E-state index is 0.0810. The summed E-state index contributed by atoms with van der Waals surface area (Å²) in [6.07, 6.45) is 3.78. The largest absolute Gasteiger partial charge is 0.382 e. The van der Waals surface area contributed by atoms with Gasteiger partial charge >= 0.3 is 0 Å². The van der Waals surface area contributed by atoms with Crippen LogP contribution in [0.15, 0.2) is 79.1 Å². The number of nitrogens with one attached hydrogen (secondary N) is 1. The molecule has 29 heavy (non-hydrogen) atoms. The van der Waals surface area contributed by atoms with Crippen molar-refractivity contribution >= 4 is 33.3 Å². The fourth-order valence-electron chi connectivity index (χ4n) is 3.82. The van der Waals surface area contributed by atoms with Crippen molar-refractivity contribution in [1.82, 2.24) is 15.2 Å². The second-order valence-corrected chi connectivity index (χ2v) is 7.04. The van der Waals surface area contributed by atoms with E-state index in [1.165, 1.54) is 0 Å². The minimum Gasteiger partial charge on any atom is -0.382 e. The third-order valence-electron chi connectivity index (χ3n) is 5.20. The number of aromatic nitrogens is 3. The van der Waals surface area contributed by atoms with Crippen LogP contribution in [0.25, 0.3) is 32.8 Å². The van der Waals surface area contributed by atoms with Gasteiger partial charge in [-0.2, -0.15) is 5.10 Å². The van der Waals surface area contributed by atoms with Gasteiger partial charge < -0.3 is 5.73 Å². The van der Waals surface area contributed by atoms with Crippen LogP contribution < -0.4 is 5.73 Å². The first-order valence-electron chi connectivity index (χ1n) is 9.38. The molecule has 140 valence electrons. The second kappa shape index (κ2) is 6.87. The Balaban J connectivity index is 1.58. The Hall–Kier alpha value is -3.99. The van der Waals surface area contributed by atoms with Gasteiger partial charge in [0.25, 0.3) is 0 Å². The number of fused-ring (bicyclic) bond motifs is 2. The molecule has 2 aromatic heterocycles. The standard InChI is InChI=1S/C24H18N4O/c25-24-23-19(6-2-8-21(23)27-28-24)17-9-10-18-16(13-17)5-1-7-20(18)22(29)12-15-4-3-11-26-14-15/h1-11,13-14H,12H2,(H3,25,27,28). The van der Waals surface area contributed by atoms with Crippen molar-refractivity contribution in [1.29, 1.82) is 0 Å². The van der Waals surface area contributed by atoms with E-state index in [0.717, 1.165) is 43.9 Å². The molecule has 3 aromatic carbocycles. The van der Waals surface area contributed by atoms with Crippen LogP contribution in [0, 0.1) is 0 Å².